The summed E-state index contributed by atoms with van der Waals surface area (Å²) in [6.07, 6.45) is 4.40. The van der Waals surface area contributed by atoms with Gasteiger partial charge in [0.15, 0.2) is 0 Å². The molecule has 2 aromatic heterocycles. The number of benzene rings is 2. The van der Waals surface area contributed by atoms with E-state index in [1.165, 1.54) is 6.07 Å². The maximum absolute atomic E-state index is 14.1. The largest absolute Gasteiger partial charge is 0.343 e. The summed E-state index contributed by atoms with van der Waals surface area (Å²) in [5, 5.41) is 9.37. The Kier molecular flexibility index (Phi) is 7.79. The highest BCUT2D eigenvalue weighted by Crippen LogP contribution is 2.35. The molecule has 2 aliphatic heterocycles. The standard InChI is InChI=1S/C33H37ClFN5O3/c1-33(2,3)18-40-17-25-20(14-26(34)30-24(25)16-36-38-30)7-8-22(32(40)43)15-28(41)39-11-9-19(10-12-39)23-13-21-5-4-6-27(35)29(21)37-31(23)42/h4-6,13-14,16,19,22H,7-12,15,17-18H2,1-3H3,(H,36,38)(H,37,42)/t22-/m0/s1. The summed E-state index contributed by atoms with van der Waals surface area (Å²) in [6.45, 7) is 8.35. The Labute approximate surface area is 254 Å². The van der Waals surface area contributed by atoms with Gasteiger partial charge in [0.05, 0.1) is 22.3 Å². The Bertz CT molecular complexity index is 1770. The van der Waals surface area contributed by atoms with Gasteiger partial charge in [-0.1, -0.05) is 44.5 Å². The minimum atomic E-state index is -0.451. The van der Waals surface area contributed by atoms with Crippen molar-refractivity contribution in [2.75, 3.05) is 19.6 Å². The highest BCUT2D eigenvalue weighted by molar-refractivity contribution is 6.35. The van der Waals surface area contributed by atoms with E-state index in [-0.39, 0.29) is 40.6 Å². The van der Waals surface area contributed by atoms with Crippen molar-refractivity contribution in [3.63, 3.8) is 0 Å². The molecule has 1 atom stereocenters. The second kappa shape index (κ2) is 11.4. The van der Waals surface area contributed by atoms with Crippen LogP contribution >= 0.6 is 11.6 Å². The van der Waals surface area contributed by atoms with Gasteiger partial charge in [-0.05, 0) is 66.3 Å². The zero-order valence-electron chi connectivity index (χ0n) is 24.8. The first-order valence-corrected chi connectivity index (χ1v) is 15.4. The first-order valence-electron chi connectivity index (χ1n) is 15.0. The zero-order valence-corrected chi connectivity index (χ0v) is 25.6. The normalized spacial score (nSPS) is 18.6. The van der Waals surface area contributed by atoms with Gasteiger partial charge in [0.2, 0.25) is 11.8 Å². The molecule has 10 heteroatoms. The molecule has 2 N–H and O–H groups in total. The molecule has 0 radical (unpaired) electrons. The lowest BCUT2D eigenvalue weighted by atomic mass is 9.86. The lowest BCUT2D eigenvalue weighted by molar-refractivity contribution is -0.143. The van der Waals surface area contributed by atoms with Gasteiger partial charge in [0.25, 0.3) is 5.56 Å². The van der Waals surface area contributed by atoms with Crippen LogP contribution in [-0.2, 0) is 22.6 Å². The van der Waals surface area contributed by atoms with Crippen molar-refractivity contribution in [3.8, 4) is 0 Å². The number of amides is 2. The smallest absolute Gasteiger partial charge is 0.251 e. The minimum absolute atomic E-state index is 0.00494. The van der Waals surface area contributed by atoms with Gasteiger partial charge in [-0.15, -0.1) is 0 Å². The van der Waals surface area contributed by atoms with E-state index in [1.807, 2.05) is 15.9 Å². The first kappa shape index (κ1) is 29.4. The van der Waals surface area contributed by atoms with Crippen molar-refractivity contribution >= 4 is 45.2 Å². The molecule has 4 aromatic rings. The van der Waals surface area contributed by atoms with Gasteiger partial charge in [-0.25, -0.2) is 4.39 Å². The molecule has 2 amide bonds. The molecule has 6 rings (SSSR count). The third-order valence-electron chi connectivity index (χ3n) is 8.90. The second-order valence-corrected chi connectivity index (χ2v) is 13.7. The SMILES string of the molecule is CC(C)(C)CN1Cc2c(cc(Cl)c3[nH]ncc23)CC[C@@H](CC(=O)N2CCC(c3cc4cccc(F)c4[nH]c3=O)CC2)C1=O. The van der Waals surface area contributed by atoms with E-state index in [0.717, 1.165) is 22.0 Å². The number of nitrogens with zero attached hydrogens (tertiary/aromatic N) is 3. The van der Waals surface area contributed by atoms with Gasteiger partial charge < -0.3 is 14.8 Å². The number of carbonyl (C=O) groups is 2. The predicted octanol–water partition coefficient (Wildman–Crippen LogP) is 5.93. The molecule has 0 bridgehead atoms. The highest BCUT2D eigenvalue weighted by Gasteiger charge is 2.34. The number of carbonyl (C=O) groups excluding carboxylic acids is 2. The number of aromatic nitrogens is 3. The number of likely N-dealkylation sites (tertiary alicyclic amines) is 1. The van der Waals surface area contributed by atoms with Crippen LogP contribution in [0.5, 0.6) is 0 Å². The summed E-state index contributed by atoms with van der Waals surface area (Å²) in [5.74, 6) is -0.936. The van der Waals surface area contributed by atoms with Crippen LogP contribution in [0, 0.1) is 17.2 Å². The third-order valence-corrected chi connectivity index (χ3v) is 9.19. The van der Waals surface area contributed by atoms with Gasteiger partial charge in [-0.3, -0.25) is 19.5 Å². The molecule has 0 spiro atoms. The van der Waals surface area contributed by atoms with Gasteiger partial charge >= 0.3 is 0 Å². The number of H-pyrrole nitrogens is 2. The van der Waals surface area contributed by atoms with Crippen LogP contribution in [0.3, 0.4) is 0 Å². The molecular formula is C33H37ClFN5O3. The molecule has 226 valence electrons. The van der Waals surface area contributed by atoms with E-state index < -0.39 is 11.7 Å². The Morgan fingerprint density at radius 2 is 1.88 bits per heavy atom. The number of hydrogen-bond acceptors (Lipinski definition) is 4. The van der Waals surface area contributed by atoms with E-state index in [0.29, 0.717) is 67.8 Å². The topological polar surface area (TPSA) is 102 Å². The summed E-state index contributed by atoms with van der Waals surface area (Å²) in [4.78, 5) is 46.8. The summed E-state index contributed by atoms with van der Waals surface area (Å²) >= 11 is 6.57. The number of hydrogen-bond donors (Lipinski definition) is 2. The predicted molar refractivity (Wildman–Crippen MR) is 165 cm³/mol. The fourth-order valence-electron chi connectivity index (χ4n) is 6.76. The molecular weight excluding hydrogens is 569 g/mol. The van der Waals surface area contributed by atoms with Crippen molar-refractivity contribution in [2.45, 2.75) is 65.3 Å². The van der Waals surface area contributed by atoms with Crippen LogP contribution < -0.4 is 5.56 Å². The Balaban J connectivity index is 1.18. The van der Waals surface area contributed by atoms with Crippen LogP contribution in [0.25, 0.3) is 21.8 Å². The lowest BCUT2D eigenvalue weighted by Gasteiger charge is -2.36. The molecule has 1 fully saturated rings. The van der Waals surface area contributed by atoms with Crippen molar-refractivity contribution in [1.82, 2.24) is 25.0 Å². The van der Waals surface area contributed by atoms with Crippen molar-refractivity contribution in [1.29, 1.82) is 0 Å². The van der Waals surface area contributed by atoms with Crippen molar-refractivity contribution in [3.05, 3.63) is 74.4 Å². The fraction of sp³-hybridized carbons (Fsp3) is 0.455. The number of pyridine rings is 1. The molecule has 2 aromatic carbocycles. The van der Waals surface area contributed by atoms with E-state index in [2.05, 4.69) is 36.0 Å². The first-order chi connectivity index (χ1) is 20.5. The summed E-state index contributed by atoms with van der Waals surface area (Å²) in [6, 6.07) is 8.49. The number of halogens is 2. The monoisotopic (exact) mass is 605 g/mol. The number of para-hydroxylation sites is 1. The fourth-order valence-corrected chi connectivity index (χ4v) is 7.04. The Hall–Kier alpha value is -3.72. The van der Waals surface area contributed by atoms with Crippen LogP contribution in [0.15, 0.2) is 41.3 Å². The number of rotatable bonds is 4. The molecule has 4 heterocycles. The Morgan fingerprint density at radius 3 is 2.63 bits per heavy atom. The zero-order chi connectivity index (χ0) is 30.5. The second-order valence-electron chi connectivity index (χ2n) is 13.3. The maximum Gasteiger partial charge on any atom is 0.251 e. The number of nitrogens with one attached hydrogen (secondary N) is 2. The molecule has 2 aliphatic rings. The summed E-state index contributed by atoms with van der Waals surface area (Å²) < 4.78 is 14.1. The minimum Gasteiger partial charge on any atom is -0.343 e. The molecule has 43 heavy (non-hydrogen) atoms. The van der Waals surface area contributed by atoms with E-state index in [1.54, 1.807) is 24.4 Å². The number of aromatic amines is 2. The molecule has 0 saturated carbocycles. The Morgan fingerprint density at radius 1 is 1.12 bits per heavy atom. The molecule has 0 unspecified atom stereocenters. The maximum atomic E-state index is 14.1. The van der Waals surface area contributed by atoms with Crippen molar-refractivity contribution < 1.29 is 14.0 Å². The molecule has 1 saturated heterocycles. The third kappa shape index (κ3) is 5.92. The van der Waals surface area contributed by atoms with Crippen LogP contribution in [0.4, 0.5) is 4.39 Å². The van der Waals surface area contributed by atoms with Crippen LogP contribution in [0.1, 0.15) is 69.1 Å². The van der Waals surface area contributed by atoms with E-state index in [9.17, 15) is 18.8 Å². The lowest BCUT2D eigenvalue weighted by Crippen LogP contribution is -2.45. The summed E-state index contributed by atoms with van der Waals surface area (Å²) in [5.41, 5.74) is 3.36. The van der Waals surface area contributed by atoms with E-state index in [4.69, 9.17) is 11.6 Å². The van der Waals surface area contributed by atoms with Crippen LogP contribution in [-0.4, -0.2) is 56.4 Å². The van der Waals surface area contributed by atoms with Gasteiger partial charge in [-0.2, -0.15) is 5.10 Å². The average Bonchev–Trinajstić information content (AvgIpc) is 3.46. The number of piperidine rings is 1. The quantitative estimate of drug-likeness (QED) is 0.301. The number of fused-ring (bicyclic) bond motifs is 4. The highest BCUT2D eigenvalue weighted by atomic mass is 35.5. The average molecular weight is 606 g/mol. The molecule has 0 aliphatic carbocycles. The summed E-state index contributed by atoms with van der Waals surface area (Å²) in [7, 11) is 0. The van der Waals surface area contributed by atoms with Gasteiger partial charge in [0, 0.05) is 54.9 Å². The molecule has 8 nitrogen and oxygen atoms in total. The number of aryl methyl sites for hydroxylation is 1. The van der Waals surface area contributed by atoms with Crippen molar-refractivity contribution in [2.24, 2.45) is 11.3 Å². The van der Waals surface area contributed by atoms with E-state index >= 15 is 0 Å². The van der Waals surface area contributed by atoms with Gasteiger partial charge in [0.1, 0.15) is 5.82 Å². The van der Waals surface area contributed by atoms with Crippen LogP contribution in [0.2, 0.25) is 5.02 Å².